The van der Waals surface area contributed by atoms with E-state index in [2.05, 4.69) is 0 Å². The van der Waals surface area contributed by atoms with Crippen LogP contribution in [0.1, 0.15) is 13.8 Å². The van der Waals surface area contributed by atoms with Gasteiger partial charge in [0.2, 0.25) is 0 Å². The van der Waals surface area contributed by atoms with E-state index < -0.39 is 5.97 Å². The largest absolute Gasteiger partial charge is 0.478 e. The molecule has 48 valence electrons. The number of carboxylic acid groups (broad SMARTS) is 1. The smallest absolute Gasteiger partial charge is 0.330 e. The summed E-state index contributed by atoms with van der Waals surface area (Å²) >= 11 is 0. The molecule has 0 heterocycles. The fourth-order valence-corrected chi connectivity index (χ4v) is 0.123. The van der Waals surface area contributed by atoms with Crippen LogP contribution in [0.25, 0.3) is 0 Å². The van der Waals surface area contributed by atoms with Crippen LogP contribution in [0.4, 0.5) is 0 Å². The Morgan fingerprint density at radius 2 is 2.00 bits per heavy atom. The third-order valence-corrected chi connectivity index (χ3v) is 0.770. The summed E-state index contributed by atoms with van der Waals surface area (Å²) in [4.78, 5) is 9.86. The Morgan fingerprint density at radius 3 is 2.00 bits per heavy atom. The molecule has 0 unspecified atom stereocenters. The first kappa shape index (κ1) is 10.7. The molecular formula is C5H8FeO2. The molecule has 0 saturated carbocycles. The zero-order chi connectivity index (χ0) is 5.86. The first-order valence-corrected chi connectivity index (χ1v) is 2.04. The van der Waals surface area contributed by atoms with E-state index in [1.807, 2.05) is 0 Å². The maximum atomic E-state index is 9.86. The van der Waals surface area contributed by atoms with Gasteiger partial charge in [-0.3, -0.25) is 0 Å². The molecule has 1 N–H and O–H groups in total. The van der Waals surface area contributed by atoms with E-state index in [9.17, 15) is 4.79 Å². The van der Waals surface area contributed by atoms with E-state index in [0.717, 1.165) is 0 Å². The second kappa shape index (κ2) is 4.88. The van der Waals surface area contributed by atoms with Crippen molar-refractivity contribution >= 4 is 5.97 Å². The minimum absolute atomic E-state index is 0. The van der Waals surface area contributed by atoms with Gasteiger partial charge in [0.1, 0.15) is 0 Å². The zero-order valence-electron chi connectivity index (χ0n) is 4.79. The molecule has 0 amide bonds. The predicted molar refractivity (Wildman–Crippen MR) is 27.1 cm³/mol. The number of hydrogen-bond donors (Lipinski definition) is 1. The monoisotopic (exact) mass is 156 g/mol. The Hall–Kier alpha value is -0.271. The molecule has 0 spiro atoms. The van der Waals surface area contributed by atoms with Crippen LogP contribution in [0, 0.1) is 0 Å². The first-order valence-electron chi connectivity index (χ1n) is 2.04. The number of allylic oxidation sites excluding steroid dienone is 1. The molecule has 0 rings (SSSR count). The molecule has 0 aliphatic heterocycles. The third kappa shape index (κ3) is 3.90. The number of aliphatic carboxylic acids is 1. The van der Waals surface area contributed by atoms with Crippen LogP contribution in [-0.2, 0) is 21.9 Å². The van der Waals surface area contributed by atoms with Crippen LogP contribution in [0.2, 0.25) is 0 Å². The maximum Gasteiger partial charge on any atom is 0.330 e. The topological polar surface area (TPSA) is 37.3 Å². The van der Waals surface area contributed by atoms with Crippen molar-refractivity contribution in [3.05, 3.63) is 11.6 Å². The molecule has 0 saturated heterocycles. The Kier molecular flexibility index (Phi) is 6.50. The molecule has 0 radical (unpaired) electrons. The van der Waals surface area contributed by atoms with Crippen molar-refractivity contribution in [1.29, 1.82) is 0 Å². The maximum absolute atomic E-state index is 9.86. The average molecular weight is 156 g/mol. The quantitative estimate of drug-likeness (QED) is 0.454. The minimum atomic E-state index is -0.845. The van der Waals surface area contributed by atoms with Gasteiger partial charge in [-0.05, 0) is 13.8 Å². The van der Waals surface area contributed by atoms with Gasteiger partial charge < -0.3 is 5.11 Å². The second-order valence-electron chi connectivity index (χ2n) is 1.28. The van der Waals surface area contributed by atoms with Crippen molar-refractivity contribution in [2.45, 2.75) is 13.8 Å². The van der Waals surface area contributed by atoms with E-state index in [4.69, 9.17) is 5.11 Å². The molecule has 8 heavy (non-hydrogen) atoms. The van der Waals surface area contributed by atoms with Crippen molar-refractivity contribution < 1.29 is 27.0 Å². The number of hydrogen-bond acceptors (Lipinski definition) is 1. The molecule has 0 aromatic rings. The van der Waals surface area contributed by atoms with Crippen molar-refractivity contribution in [1.82, 2.24) is 0 Å². The SMILES string of the molecule is CC=C(C)C(=O)O.[Fe]. The summed E-state index contributed by atoms with van der Waals surface area (Å²) in [6.07, 6.45) is 1.56. The molecule has 0 aliphatic rings. The number of carboxylic acids is 1. The average Bonchev–Trinajstić information content (AvgIpc) is 1.65. The fraction of sp³-hybridized carbons (Fsp3) is 0.400. The summed E-state index contributed by atoms with van der Waals surface area (Å²) in [6.45, 7) is 3.26. The van der Waals surface area contributed by atoms with E-state index in [-0.39, 0.29) is 17.1 Å². The van der Waals surface area contributed by atoms with E-state index in [0.29, 0.717) is 5.57 Å². The standard InChI is InChI=1S/C5H8O2.Fe/c1-3-4(2)5(6)7;/h3H,1-2H3,(H,6,7);. The van der Waals surface area contributed by atoms with Crippen molar-refractivity contribution in [3.8, 4) is 0 Å². The summed E-state index contributed by atoms with van der Waals surface area (Å²) in [5, 5.41) is 8.11. The zero-order valence-corrected chi connectivity index (χ0v) is 5.89. The molecule has 0 bridgehead atoms. The van der Waals surface area contributed by atoms with Gasteiger partial charge in [0.15, 0.2) is 0 Å². The van der Waals surface area contributed by atoms with Crippen LogP contribution < -0.4 is 0 Å². The predicted octanol–water partition coefficient (Wildman–Crippen LogP) is 1.03. The van der Waals surface area contributed by atoms with Gasteiger partial charge in [-0.1, -0.05) is 6.08 Å². The van der Waals surface area contributed by atoms with Gasteiger partial charge in [-0.25, -0.2) is 4.79 Å². The van der Waals surface area contributed by atoms with Gasteiger partial charge in [0.25, 0.3) is 0 Å². The summed E-state index contributed by atoms with van der Waals surface area (Å²) < 4.78 is 0. The van der Waals surface area contributed by atoms with Crippen LogP contribution >= 0.6 is 0 Å². The summed E-state index contributed by atoms with van der Waals surface area (Å²) in [5.74, 6) is -0.845. The van der Waals surface area contributed by atoms with Crippen molar-refractivity contribution in [2.24, 2.45) is 0 Å². The Balaban J connectivity index is 0. The second-order valence-corrected chi connectivity index (χ2v) is 1.28. The minimum Gasteiger partial charge on any atom is -0.478 e. The molecule has 3 heteroatoms. The number of rotatable bonds is 1. The van der Waals surface area contributed by atoms with E-state index in [1.165, 1.54) is 0 Å². The van der Waals surface area contributed by atoms with Crippen LogP contribution in [0.15, 0.2) is 11.6 Å². The molecule has 0 atom stereocenters. The van der Waals surface area contributed by atoms with Crippen LogP contribution in [-0.4, -0.2) is 11.1 Å². The van der Waals surface area contributed by atoms with Crippen molar-refractivity contribution in [3.63, 3.8) is 0 Å². The van der Waals surface area contributed by atoms with Gasteiger partial charge in [-0.2, -0.15) is 0 Å². The van der Waals surface area contributed by atoms with Crippen molar-refractivity contribution in [2.75, 3.05) is 0 Å². The van der Waals surface area contributed by atoms with Gasteiger partial charge in [0, 0.05) is 22.6 Å². The Bertz CT molecular complexity index is 107. The molecule has 0 fully saturated rings. The normalized spacial score (nSPS) is 10.0. The van der Waals surface area contributed by atoms with E-state index >= 15 is 0 Å². The van der Waals surface area contributed by atoms with Crippen LogP contribution in [0.5, 0.6) is 0 Å². The third-order valence-electron chi connectivity index (χ3n) is 0.770. The Labute approximate surface area is 59.1 Å². The fourth-order valence-electron chi connectivity index (χ4n) is 0.123. The summed E-state index contributed by atoms with van der Waals surface area (Å²) in [5.41, 5.74) is 0.389. The molecular weight excluding hydrogens is 148 g/mol. The van der Waals surface area contributed by atoms with Crippen LogP contribution in [0.3, 0.4) is 0 Å². The first-order chi connectivity index (χ1) is 3.18. The summed E-state index contributed by atoms with van der Waals surface area (Å²) in [7, 11) is 0. The van der Waals surface area contributed by atoms with Gasteiger partial charge >= 0.3 is 5.97 Å². The van der Waals surface area contributed by atoms with E-state index in [1.54, 1.807) is 19.9 Å². The molecule has 2 nitrogen and oxygen atoms in total. The van der Waals surface area contributed by atoms with Gasteiger partial charge in [0.05, 0.1) is 0 Å². The van der Waals surface area contributed by atoms with Gasteiger partial charge in [-0.15, -0.1) is 0 Å². The summed E-state index contributed by atoms with van der Waals surface area (Å²) in [6, 6.07) is 0. The Morgan fingerprint density at radius 1 is 1.62 bits per heavy atom. The number of carbonyl (C=O) groups is 1. The molecule has 0 aliphatic carbocycles. The molecule has 0 aromatic carbocycles. The molecule has 0 aromatic heterocycles.